The van der Waals surface area contributed by atoms with E-state index >= 15 is 0 Å². The van der Waals surface area contributed by atoms with Crippen molar-refractivity contribution in [3.05, 3.63) is 54.0 Å². The summed E-state index contributed by atoms with van der Waals surface area (Å²) in [6.45, 7) is 2.91. The zero-order chi connectivity index (χ0) is 25.4. The predicted octanol–water partition coefficient (Wildman–Crippen LogP) is 5.30. The maximum Gasteiger partial charge on any atom is 0.573 e. The van der Waals surface area contributed by atoms with Crippen molar-refractivity contribution in [2.45, 2.75) is 44.5 Å². The first-order valence-corrected chi connectivity index (χ1v) is 11.6. The summed E-state index contributed by atoms with van der Waals surface area (Å²) >= 11 is 0. The maximum atomic E-state index is 14.0. The van der Waals surface area contributed by atoms with Gasteiger partial charge in [-0.15, -0.1) is 13.2 Å². The van der Waals surface area contributed by atoms with Crippen LogP contribution in [-0.4, -0.2) is 49.5 Å². The van der Waals surface area contributed by atoms with Crippen LogP contribution < -0.4 is 15.0 Å². The normalized spacial score (nSPS) is 24.1. The lowest BCUT2D eigenvalue weighted by molar-refractivity contribution is -0.274. The van der Waals surface area contributed by atoms with Crippen molar-refractivity contribution in [3.63, 3.8) is 0 Å². The monoisotopic (exact) mass is 494 g/mol. The molecule has 0 saturated heterocycles. The van der Waals surface area contributed by atoms with E-state index < -0.39 is 12.1 Å². The molecule has 1 heterocycles. The molecule has 0 atom stereocenters. The second-order valence-corrected chi connectivity index (χ2v) is 10.2. The van der Waals surface area contributed by atoms with E-state index in [1.807, 2.05) is 20.2 Å². The first-order chi connectivity index (χ1) is 16.4. The minimum atomic E-state index is -4.82. The van der Waals surface area contributed by atoms with Gasteiger partial charge >= 0.3 is 12.4 Å². The van der Waals surface area contributed by atoms with E-state index in [1.165, 1.54) is 17.0 Å². The number of hydrogen-bond acceptors (Lipinski definition) is 4. The third kappa shape index (κ3) is 5.86. The van der Waals surface area contributed by atoms with Crippen molar-refractivity contribution in [2.24, 2.45) is 11.3 Å². The number of nitrogens with zero attached hydrogens (tertiary/aromatic N) is 3. The average molecular weight is 495 g/mol. The van der Waals surface area contributed by atoms with E-state index in [1.54, 1.807) is 12.1 Å². The Morgan fingerprint density at radius 2 is 1.91 bits per heavy atom. The van der Waals surface area contributed by atoms with Gasteiger partial charge in [0.25, 0.3) is 0 Å². The zero-order valence-electron chi connectivity index (χ0n) is 20.0. The number of rotatable bonds is 8. The molecule has 4 rings (SSSR count). The number of hydrogen-bond donors (Lipinski definition) is 1. The van der Waals surface area contributed by atoms with Crippen molar-refractivity contribution in [3.8, 4) is 5.75 Å². The fourth-order valence-corrected chi connectivity index (χ4v) is 5.04. The minimum absolute atomic E-state index is 0.238. The van der Waals surface area contributed by atoms with Crippen LogP contribution in [0.1, 0.15) is 38.2 Å². The summed E-state index contributed by atoms with van der Waals surface area (Å²) in [5.41, 5.74) is 0.165. The Balaban J connectivity index is 1.54. The van der Waals surface area contributed by atoms with Crippen molar-refractivity contribution in [1.82, 2.24) is 15.2 Å². The summed E-state index contributed by atoms with van der Waals surface area (Å²) < 4.78 is 55.5. The number of ether oxygens (including phenoxy) is 1. The van der Waals surface area contributed by atoms with Gasteiger partial charge in [0.2, 0.25) is 0 Å². The molecule has 2 aromatic rings. The predicted molar refractivity (Wildman–Crippen MR) is 123 cm³/mol. The summed E-state index contributed by atoms with van der Waals surface area (Å²) in [5, 5.41) is 2.93. The first-order valence-electron chi connectivity index (χ1n) is 11.6. The van der Waals surface area contributed by atoms with Crippen molar-refractivity contribution >= 4 is 11.8 Å². The Morgan fingerprint density at radius 3 is 2.46 bits per heavy atom. The number of nitrogens with one attached hydrogen (secondary N) is 1. The van der Waals surface area contributed by atoms with Crippen molar-refractivity contribution in [2.75, 3.05) is 32.1 Å². The summed E-state index contributed by atoms with van der Waals surface area (Å²) in [7, 11) is 3.90. The lowest BCUT2D eigenvalue weighted by Crippen LogP contribution is -2.60. The fourth-order valence-electron chi connectivity index (χ4n) is 5.04. The number of benzene rings is 1. The van der Waals surface area contributed by atoms with Crippen LogP contribution in [0.15, 0.2) is 42.6 Å². The molecule has 0 spiro atoms. The van der Waals surface area contributed by atoms with Crippen LogP contribution >= 0.6 is 0 Å². The maximum absolute atomic E-state index is 14.0. The van der Waals surface area contributed by atoms with Crippen LogP contribution in [0.4, 0.5) is 28.2 Å². The molecule has 0 bridgehead atoms. The number of carbonyl (C=O) groups excluding carboxylic acids is 1. The van der Waals surface area contributed by atoms with Gasteiger partial charge in [0.1, 0.15) is 17.4 Å². The van der Waals surface area contributed by atoms with E-state index in [4.69, 9.17) is 0 Å². The highest BCUT2D eigenvalue weighted by Crippen LogP contribution is 2.57. The molecule has 0 aliphatic heterocycles. The van der Waals surface area contributed by atoms with E-state index in [2.05, 4.69) is 26.9 Å². The lowest BCUT2D eigenvalue weighted by atomic mass is 9.55. The molecule has 10 heteroatoms. The SMILES string of the molecule is CN(C)C1(c2cccc(F)c2)CC(C)(CN(C(=O)NCC2CC2)c2ccc(OC(F)(F)F)cn2)C1. The molecule has 190 valence electrons. The van der Waals surface area contributed by atoms with Gasteiger partial charge in [-0.1, -0.05) is 19.1 Å². The highest BCUT2D eigenvalue weighted by Gasteiger charge is 2.55. The Kier molecular flexibility index (Phi) is 6.70. The highest BCUT2D eigenvalue weighted by molar-refractivity contribution is 5.91. The first kappa shape index (κ1) is 25.2. The molecule has 2 saturated carbocycles. The molecule has 1 aromatic heterocycles. The molecule has 1 aromatic carbocycles. The van der Waals surface area contributed by atoms with Gasteiger partial charge < -0.3 is 10.1 Å². The Labute approximate surface area is 202 Å². The number of anilines is 1. The largest absolute Gasteiger partial charge is 0.573 e. The van der Waals surface area contributed by atoms with Crippen LogP contribution in [0.25, 0.3) is 0 Å². The molecule has 2 aliphatic rings. The quantitative estimate of drug-likeness (QED) is 0.506. The Bertz CT molecular complexity index is 1050. The van der Waals surface area contributed by atoms with E-state index in [0.29, 0.717) is 31.8 Å². The van der Waals surface area contributed by atoms with Crippen LogP contribution in [0.3, 0.4) is 0 Å². The molecule has 0 radical (unpaired) electrons. The number of alkyl halides is 3. The number of pyridine rings is 1. The van der Waals surface area contributed by atoms with E-state index in [0.717, 1.165) is 30.7 Å². The molecule has 6 nitrogen and oxygen atoms in total. The summed E-state index contributed by atoms with van der Waals surface area (Å²) in [4.78, 5) is 20.8. The number of carbonyl (C=O) groups is 1. The van der Waals surface area contributed by atoms with Crippen LogP contribution in [0.2, 0.25) is 0 Å². The summed E-state index contributed by atoms with van der Waals surface area (Å²) in [6, 6.07) is 8.71. The standard InChI is InChI=1S/C25H30F4N4O2/c1-23(14-24(15-23,32(2)3)18-5-4-6-19(26)11-18)16-33(22(34)31-12-17-7-8-17)21-10-9-20(13-30-21)35-25(27,28)29/h4-6,9-11,13,17H,7-8,12,14-16H2,1-3H3,(H,31,34). The molecular weight excluding hydrogens is 464 g/mol. The van der Waals surface area contributed by atoms with Crippen molar-refractivity contribution < 1.29 is 27.1 Å². The van der Waals surface area contributed by atoms with Crippen LogP contribution in [0.5, 0.6) is 5.75 Å². The Hall–Kier alpha value is -2.88. The third-order valence-corrected chi connectivity index (χ3v) is 6.91. The van der Waals surface area contributed by atoms with Gasteiger partial charge in [0.05, 0.1) is 6.20 Å². The Morgan fingerprint density at radius 1 is 1.20 bits per heavy atom. The number of amides is 2. The van der Waals surface area contributed by atoms with Gasteiger partial charge in [-0.25, -0.2) is 14.2 Å². The second-order valence-electron chi connectivity index (χ2n) is 10.2. The fraction of sp³-hybridized carbons (Fsp3) is 0.520. The van der Waals surface area contributed by atoms with Gasteiger partial charge in [0, 0.05) is 18.6 Å². The molecule has 2 fully saturated rings. The number of halogens is 4. The summed E-state index contributed by atoms with van der Waals surface area (Å²) in [5.74, 6) is -0.0527. The smallest absolute Gasteiger partial charge is 0.404 e. The van der Waals surface area contributed by atoms with Crippen LogP contribution in [0, 0.1) is 17.2 Å². The van der Waals surface area contributed by atoms with E-state index in [-0.39, 0.29) is 28.6 Å². The zero-order valence-corrected chi connectivity index (χ0v) is 20.0. The molecule has 2 amide bonds. The van der Waals surface area contributed by atoms with Gasteiger partial charge in [-0.05, 0) is 80.9 Å². The second kappa shape index (κ2) is 9.29. The molecular formula is C25H30F4N4O2. The molecule has 1 N–H and O–H groups in total. The average Bonchev–Trinajstić information content (AvgIpc) is 3.58. The minimum Gasteiger partial charge on any atom is -0.404 e. The third-order valence-electron chi connectivity index (χ3n) is 6.91. The number of urea groups is 1. The van der Waals surface area contributed by atoms with E-state index in [9.17, 15) is 22.4 Å². The highest BCUT2D eigenvalue weighted by atomic mass is 19.4. The topological polar surface area (TPSA) is 57.7 Å². The molecule has 2 aliphatic carbocycles. The van der Waals surface area contributed by atoms with Gasteiger partial charge in [-0.2, -0.15) is 0 Å². The molecule has 0 unspecified atom stereocenters. The van der Waals surface area contributed by atoms with Crippen LogP contribution in [-0.2, 0) is 5.54 Å². The van der Waals surface area contributed by atoms with Gasteiger partial charge in [0.15, 0.2) is 0 Å². The molecule has 35 heavy (non-hydrogen) atoms. The lowest BCUT2D eigenvalue weighted by Gasteiger charge is -2.59. The van der Waals surface area contributed by atoms with Gasteiger partial charge in [-0.3, -0.25) is 9.80 Å². The summed E-state index contributed by atoms with van der Waals surface area (Å²) in [6.07, 6.45) is -0.395. The number of aromatic nitrogens is 1. The van der Waals surface area contributed by atoms with Crippen molar-refractivity contribution in [1.29, 1.82) is 0 Å².